The van der Waals surface area contributed by atoms with Gasteiger partial charge in [-0.05, 0) is 31.2 Å². The molecule has 2 aromatic rings. The molecule has 0 fully saturated rings. The molecule has 0 saturated carbocycles. The second kappa shape index (κ2) is 6.56. The van der Waals surface area contributed by atoms with Gasteiger partial charge in [0, 0.05) is 18.4 Å². The van der Waals surface area contributed by atoms with Crippen LogP contribution in [-0.2, 0) is 0 Å². The third-order valence-corrected chi connectivity index (χ3v) is 3.75. The number of benzene rings is 1. The van der Waals surface area contributed by atoms with E-state index in [1.165, 1.54) is 23.2 Å². The topological polar surface area (TPSA) is 47.4 Å². The summed E-state index contributed by atoms with van der Waals surface area (Å²) in [4.78, 5) is 13.9. The molecule has 1 aliphatic rings. The summed E-state index contributed by atoms with van der Waals surface area (Å²) in [7, 11) is 0. The van der Waals surface area contributed by atoms with Crippen LogP contribution < -0.4 is 9.64 Å². The van der Waals surface area contributed by atoms with E-state index in [1.54, 1.807) is 10.7 Å². The van der Waals surface area contributed by atoms with Crippen molar-refractivity contribution in [2.24, 2.45) is 0 Å². The maximum absolute atomic E-state index is 12.5. The predicted molar refractivity (Wildman–Crippen MR) is 87.1 cm³/mol. The molecule has 1 aromatic heterocycles. The summed E-state index contributed by atoms with van der Waals surface area (Å²) in [5.41, 5.74) is 0.810. The number of carbonyl (C=O) groups is 1. The number of anilines is 1. The van der Waals surface area contributed by atoms with Gasteiger partial charge in [0.2, 0.25) is 0 Å². The molecule has 1 aliphatic heterocycles. The summed E-state index contributed by atoms with van der Waals surface area (Å²) >= 11 is 5.84. The van der Waals surface area contributed by atoms with Gasteiger partial charge in [-0.1, -0.05) is 11.6 Å². The summed E-state index contributed by atoms with van der Waals surface area (Å²) in [5.74, 6) is -0.799. The normalized spacial score (nSPS) is 17.3. The third-order valence-electron chi connectivity index (χ3n) is 3.45. The molecule has 0 radical (unpaired) electrons. The first-order valence-electron chi connectivity index (χ1n) is 6.67. The molecule has 0 unspecified atom stereocenters. The minimum atomic E-state index is -4.83. The molecule has 2 heterocycles. The Hall–Kier alpha value is -1.87. The molecule has 0 saturated heterocycles. The van der Waals surface area contributed by atoms with Crippen molar-refractivity contribution in [3.05, 3.63) is 41.2 Å². The summed E-state index contributed by atoms with van der Waals surface area (Å²) in [5, 5.41) is 3.86. The third kappa shape index (κ3) is 3.46. The van der Waals surface area contributed by atoms with E-state index in [-0.39, 0.29) is 30.5 Å². The van der Waals surface area contributed by atoms with Crippen LogP contribution in [0.1, 0.15) is 23.5 Å². The van der Waals surface area contributed by atoms with Crippen molar-refractivity contribution in [1.29, 1.82) is 0 Å². The summed E-state index contributed by atoms with van der Waals surface area (Å²) < 4.78 is 42.2. The Kier molecular flexibility index (Phi) is 5.05. The molecular weight excluding hydrogens is 367 g/mol. The van der Waals surface area contributed by atoms with Crippen molar-refractivity contribution in [2.75, 3.05) is 11.4 Å². The number of alkyl halides is 3. The van der Waals surface area contributed by atoms with Crippen molar-refractivity contribution in [3.8, 4) is 5.75 Å². The highest BCUT2D eigenvalue weighted by molar-refractivity contribution is 7.59. The van der Waals surface area contributed by atoms with Crippen molar-refractivity contribution in [1.82, 2.24) is 9.78 Å². The smallest absolute Gasteiger partial charge is 0.404 e. The van der Waals surface area contributed by atoms with E-state index in [9.17, 15) is 18.0 Å². The maximum Gasteiger partial charge on any atom is 0.573 e. The molecule has 1 amide bonds. The molecule has 3 rings (SSSR count). The van der Waals surface area contributed by atoms with E-state index in [4.69, 9.17) is 11.6 Å². The number of ether oxygens (including phenoxy) is 1. The van der Waals surface area contributed by atoms with Gasteiger partial charge in [0.15, 0.2) is 0 Å². The lowest BCUT2D eigenvalue weighted by Crippen LogP contribution is -2.42. The van der Waals surface area contributed by atoms with Crippen LogP contribution >= 0.6 is 25.1 Å². The molecular formula is C14H13ClF3N3O2S. The standard InChI is InChI=1S/C14H11ClF3N3O2.H2S/c1-8-7-20(13(22)11-4-5-19-21(8)11)9-2-3-12(10(15)6-9)23-14(16,17)18;/h2-6,8H,7H2,1H3;1H2/t8-;/m0./s1. The summed E-state index contributed by atoms with van der Waals surface area (Å²) in [6.45, 7) is 2.22. The van der Waals surface area contributed by atoms with E-state index < -0.39 is 12.1 Å². The Morgan fingerprint density at radius 2 is 2.04 bits per heavy atom. The van der Waals surface area contributed by atoms with Gasteiger partial charge in [-0.3, -0.25) is 9.48 Å². The quantitative estimate of drug-likeness (QED) is 0.798. The minimum Gasteiger partial charge on any atom is -0.404 e. The molecule has 5 nitrogen and oxygen atoms in total. The van der Waals surface area contributed by atoms with Crippen molar-refractivity contribution < 1.29 is 22.7 Å². The summed E-state index contributed by atoms with van der Waals surface area (Å²) in [6.07, 6.45) is -3.30. The Balaban J connectivity index is 0.00000208. The van der Waals surface area contributed by atoms with Gasteiger partial charge in [-0.2, -0.15) is 18.6 Å². The Morgan fingerprint density at radius 1 is 1.33 bits per heavy atom. The Morgan fingerprint density at radius 3 is 2.67 bits per heavy atom. The van der Waals surface area contributed by atoms with Gasteiger partial charge in [0.25, 0.3) is 5.91 Å². The van der Waals surface area contributed by atoms with Crippen LogP contribution in [0.3, 0.4) is 0 Å². The summed E-state index contributed by atoms with van der Waals surface area (Å²) in [6, 6.07) is 5.26. The number of amides is 1. The first-order chi connectivity index (χ1) is 10.8. The second-order valence-corrected chi connectivity index (χ2v) is 5.50. The Labute approximate surface area is 147 Å². The van der Waals surface area contributed by atoms with Gasteiger partial charge in [0.05, 0.1) is 11.1 Å². The van der Waals surface area contributed by atoms with Gasteiger partial charge >= 0.3 is 6.36 Å². The van der Waals surface area contributed by atoms with Crippen LogP contribution in [0.15, 0.2) is 30.5 Å². The molecule has 0 spiro atoms. The van der Waals surface area contributed by atoms with E-state index >= 15 is 0 Å². The van der Waals surface area contributed by atoms with Crippen LogP contribution in [0.4, 0.5) is 18.9 Å². The van der Waals surface area contributed by atoms with Crippen molar-refractivity contribution >= 4 is 36.7 Å². The monoisotopic (exact) mass is 379 g/mol. The lowest BCUT2D eigenvalue weighted by atomic mass is 10.1. The van der Waals surface area contributed by atoms with Crippen molar-refractivity contribution in [3.63, 3.8) is 0 Å². The highest BCUT2D eigenvalue weighted by Crippen LogP contribution is 2.35. The zero-order valence-electron chi connectivity index (χ0n) is 12.3. The molecule has 24 heavy (non-hydrogen) atoms. The fourth-order valence-corrected chi connectivity index (χ4v) is 2.70. The highest BCUT2D eigenvalue weighted by Gasteiger charge is 2.33. The van der Waals surface area contributed by atoms with E-state index in [2.05, 4.69) is 9.84 Å². The number of hydrogen-bond acceptors (Lipinski definition) is 3. The van der Waals surface area contributed by atoms with Gasteiger partial charge < -0.3 is 9.64 Å². The average Bonchev–Trinajstić information content (AvgIpc) is 2.94. The molecule has 1 atom stereocenters. The second-order valence-electron chi connectivity index (χ2n) is 5.09. The van der Waals surface area contributed by atoms with E-state index in [0.717, 1.165) is 6.07 Å². The van der Waals surface area contributed by atoms with Gasteiger partial charge in [0.1, 0.15) is 11.4 Å². The number of nitrogens with zero attached hydrogens (tertiary/aromatic N) is 3. The van der Waals surface area contributed by atoms with Crippen molar-refractivity contribution in [2.45, 2.75) is 19.3 Å². The molecule has 0 N–H and O–H groups in total. The molecule has 0 bridgehead atoms. The average molecular weight is 380 g/mol. The Bertz CT molecular complexity index is 766. The lowest BCUT2D eigenvalue weighted by molar-refractivity contribution is -0.274. The number of carbonyl (C=O) groups excluding carboxylic acids is 1. The first kappa shape index (κ1) is 18.5. The van der Waals surface area contributed by atoms with E-state index in [0.29, 0.717) is 17.9 Å². The SMILES string of the molecule is C[C@H]1CN(c2ccc(OC(F)(F)F)c(Cl)c2)C(=O)c2ccnn21.S. The first-order valence-corrected chi connectivity index (χ1v) is 7.05. The highest BCUT2D eigenvalue weighted by atomic mass is 35.5. The number of fused-ring (bicyclic) bond motifs is 1. The van der Waals surface area contributed by atoms with E-state index in [1.807, 2.05) is 6.92 Å². The molecule has 130 valence electrons. The lowest BCUT2D eigenvalue weighted by Gasteiger charge is -2.32. The zero-order chi connectivity index (χ0) is 16.8. The van der Waals surface area contributed by atoms with Gasteiger partial charge in [-0.25, -0.2) is 0 Å². The minimum absolute atomic E-state index is 0. The van der Waals surface area contributed by atoms with Crippen LogP contribution in [0, 0.1) is 0 Å². The number of aromatic nitrogens is 2. The van der Waals surface area contributed by atoms with Gasteiger partial charge in [-0.15, -0.1) is 13.2 Å². The largest absolute Gasteiger partial charge is 0.573 e. The zero-order valence-corrected chi connectivity index (χ0v) is 14.1. The molecule has 0 aliphatic carbocycles. The number of hydrogen-bond donors (Lipinski definition) is 0. The van der Waals surface area contributed by atoms with Crippen LogP contribution in [0.25, 0.3) is 0 Å². The van der Waals surface area contributed by atoms with Crippen LogP contribution in [0.5, 0.6) is 5.75 Å². The number of rotatable bonds is 2. The molecule has 1 aromatic carbocycles. The fraction of sp³-hybridized carbons (Fsp3) is 0.286. The van der Waals surface area contributed by atoms with Crippen LogP contribution in [0.2, 0.25) is 5.02 Å². The number of halogens is 4. The maximum atomic E-state index is 12.5. The molecule has 10 heteroatoms. The fourth-order valence-electron chi connectivity index (χ4n) is 2.49. The predicted octanol–water partition coefficient (Wildman–Crippen LogP) is 3.77. The van der Waals surface area contributed by atoms with Crippen LogP contribution in [-0.4, -0.2) is 28.6 Å².